The first-order chi connectivity index (χ1) is 14.5. The molecule has 0 aliphatic carbocycles. The average Bonchev–Trinajstić information content (AvgIpc) is 2.74. The molecule has 3 aromatic rings. The first-order valence-corrected chi connectivity index (χ1v) is 11.6. The van der Waals surface area contributed by atoms with Gasteiger partial charge < -0.3 is 4.90 Å². The predicted molar refractivity (Wildman–Crippen MR) is 133 cm³/mol. The molecule has 3 aromatic carbocycles. The van der Waals surface area contributed by atoms with Crippen LogP contribution in [0.1, 0.15) is 45.6 Å². The van der Waals surface area contributed by atoms with Gasteiger partial charge in [0, 0.05) is 23.5 Å². The molecule has 0 unspecified atom stereocenters. The van der Waals surface area contributed by atoms with Crippen molar-refractivity contribution < 1.29 is 0 Å². The Morgan fingerprint density at radius 1 is 0.900 bits per heavy atom. The number of rotatable bonds is 9. The minimum absolute atomic E-state index is 0.655. The summed E-state index contributed by atoms with van der Waals surface area (Å²) >= 11 is 6.82. The molecule has 2 heteroatoms. The molecular weight excluding hydrogens is 386 g/mol. The molecule has 0 spiro atoms. The maximum Gasteiger partial charge on any atom is 0.0505 e. The Balaban J connectivity index is 2.02. The fourth-order valence-corrected chi connectivity index (χ4v) is 4.64. The van der Waals surface area contributed by atoms with Gasteiger partial charge in [-0.15, -0.1) is 0 Å². The smallest absolute Gasteiger partial charge is 0.0505 e. The number of para-hydroxylation sites is 1. The number of benzene rings is 3. The van der Waals surface area contributed by atoms with Crippen molar-refractivity contribution in [3.8, 4) is 11.1 Å². The maximum absolute atomic E-state index is 6.82. The molecular formula is C28H34ClN. The van der Waals surface area contributed by atoms with E-state index in [9.17, 15) is 0 Å². The van der Waals surface area contributed by atoms with Crippen molar-refractivity contribution in [3.05, 3.63) is 83.4 Å². The number of nitrogens with zero attached hydrogens (tertiary/aromatic N) is 1. The van der Waals surface area contributed by atoms with Crippen molar-refractivity contribution in [2.45, 2.75) is 47.0 Å². The first-order valence-electron chi connectivity index (χ1n) is 11.2. The number of hydrogen-bond donors (Lipinski definition) is 0. The summed E-state index contributed by atoms with van der Waals surface area (Å²) in [5.74, 6) is 1.35. The Kier molecular flexibility index (Phi) is 7.99. The lowest BCUT2D eigenvalue weighted by Gasteiger charge is -2.32. The number of hydrogen-bond acceptors (Lipinski definition) is 1. The van der Waals surface area contributed by atoms with E-state index in [1.165, 1.54) is 36.2 Å². The molecule has 0 amide bonds. The molecule has 0 N–H and O–H groups in total. The van der Waals surface area contributed by atoms with Crippen LogP contribution in [0.5, 0.6) is 0 Å². The molecule has 0 heterocycles. The number of aryl methyl sites for hydroxylation is 1. The molecule has 1 atom stereocenters. The molecule has 0 bridgehead atoms. The lowest BCUT2D eigenvalue weighted by molar-refractivity contribution is 0.389. The topological polar surface area (TPSA) is 3.24 Å². The van der Waals surface area contributed by atoms with E-state index >= 15 is 0 Å². The lowest BCUT2D eigenvalue weighted by atomic mass is 9.92. The summed E-state index contributed by atoms with van der Waals surface area (Å²) in [6.45, 7) is 10.2. The molecule has 3 rings (SSSR count). The van der Waals surface area contributed by atoms with Gasteiger partial charge in [-0.1, -0.05) is 87.3 Å². The second kappa shape index (κ2) is 10.7. The van der Waals surface area contributed by atoms with Crippen LogP contribution >= 0.6 is 11.6 Å². The fraction of sp³-hybridized carbons (Fsp3) is 0.357. The zero-order valence-corrected chi connectivity index (χ0v) is 19.5. The summed E-state index contributed by atoms with van der Waals surface area (Å²) in [4.78, 5) is 2.47. The molecule has 0 saturated carbocycles. The van der Waals surface area contributed by atoms with Crippen LogP contribution < -0.4 is 4.90 Å². The van der Waals surface area contributed by atoms with Crippen molar-refractivity contribution in [1.82, 2.24) is 0 Å². The van der Waals surface area contributed by atoms with E-state index in [0.29, 0.717) is 11.8 Å². The van der Waals surface area contributed by atoms with Crippen LogP contribution in [-0.4, -0.2) is 6.54 Å². The quantitative estimate of drug-likeness (QED) is 0.334. The summed E-state index contributed by atoms with van der Waals surface area (Å²) in [6.07, 6.45) is 3.70. The van der Waals surface area contributed by atoms with Crippen molar-refractivity contribution in [1.29, 1.82) is 0 Å². The Morgan fingerprint density at radius 3 is 2.13 bits per heavy atom. The maximum atomic E-state index is 6.82. The molecule has 0 fully saturated rings. The van der Waals surface area contributed by atoms with E-state index in [0.717, 1.165) is 22.7 Å². The molecule has 1 nitrogen and oxygen atoms in total. The van der Waals surface area contributed by atoms with E-state index in [4.69, 9.17) is 11.6 Å². The van der Waals surface area contributed by atoms with Crippen LogP contribution in [-0.2, 0) is 0 Å². The normalized spacial score (nSPS) is 12.2. The minimum atomic E-state index is 0.655. The number of halogens is 1. The molecule has 0 aliphatic heterocycles. The fourth-order valence-electron chi connectivity index (χ4n) is 4.37. The average molecular weight is 420 g/mol. The largest absolute Gasteiger partial charge is 0.341 e. The van der Waals surface area contributed by atoms with Crippen LogP contribution in [0.3, 0.4) is 0 Å². The van der Waals surface area contributed by atoms with Gasteiger partial charge in [0.05, 0.1) is 5.02 Å². The van der Waals surface area contributed by atoms with Gasteiger partial charge in [0.15, 0.2) is 0 Å². The zero-order chi connectivity index (χ0) is 21.5. The lowest BCUT2D eigenvalue weighted by Crippen LogP contribution is -2.26. The monoisotopic (exact) mass is 419 g/mol. The third-order valence-corrected chi connectivity index (χ3v) is 5.98. The molecule has 0 aromatic heterocycles. The highest BCUT2D eigenvalue weighted by Gasteiger charge is 2.20. The highest BCUT2D eigenvalue weighted by Crippen LogP contribution is 2.38. The SMILES string of the molecule is CCC[C@H](CC(C)C)CN(c1ccccc1)c1cc(Cl)c(-c2ccccc2)cc1C. The molecule has 0 radical (unpaired) electrons. The van der Waals surface area contributed by atoms with Crippen molar-refractivity contribution in [3.63, 3.8) is 0 Å². The van der Waals surface area contributed by atoms with Crippen LogP contribution in [0.15, 0.2) is 72.8 Å². The van der Waals surface area contributed by atoms with E-state index < -0.39 is 0 Å². The third-order valence-electron chi connectivity index (χ3n) is 5.67. The van der Waals surface area contributed by atoms with Crippen LogP contribution in [0.2, 0.25) is 5.02 Å². The molecule has 0 aliphatic rings. The summed E-state index contributed by atoms with van der Waals surface area (Å²) in [5.41, 5.74) is 5.94. The second-order valence-corrected chi connectivity index (χ2v) is 9.12. The molecule has 0 saturated heterocycles. The van der Waals surface area contributed by atoms with Gasteiger partial charge in [0.1, 0.15) is 0 Å². The highest BCUT2D eigenvalue weighted by molar-refractivity contribution is 6.33. The van der Waals surface area contributed by atoms with Gasteiger partial charge in [-0.05, 0) is 67.0 Å². The summed E-state index contributed by atoms with van der Waals surface area (Å²) < 4.78 is 0. The molecule has 30 heavy (non-hydrogen) atoms. The van der Waals surface area contributed by atoms with Crippen molar-refractivity contribution in [2.24, 2.45) is 11.8 Å². The summed E-state index contributed by atoms with van der Waals surface area (Å²) in [7, 11) is 0. The predicted octanol–water partition coefficient (Wildman–Crippen LogP) is 8.92. The second-order valence-electron chi connectivity index (χ2n) is 8.71. The van der Waals surface area contributed by atoms with E-state index in [-0.39, 0.29) is 0 Å². The number of anilines is 2. The van der Waals surface area contributed by atoms with Gasteiger partial charge in [-0.2, -0.15) is 0 Å². The van der Waals surface area contributed by atoms with Gasteiger partial charge >= 0.3 is 0 Å². The van der Waals surface area contributed by atoms with E-state index in [2.05, 4.69) is 99.3 Å². The van der Waals surface area contributed by atoms with Crippen LogP contribution in [0.4, 0.5) is 11.4 Å². The summed E-state index contributed by atoms with van der Waals surface area (Å²) in [6, 6.07) is 25.5. The first kappa shape index (κ1) is 22.4. The Morgan fingerprint density at radius 2 is 1.53 bits per heavy atom. The Bertz CT molecular complexity index is 918. The Hall–Kier alpha value is -2.25. The minimum Gasteiger partial charge on any atom is -0.341 e. The van der Waals surface area contributed by atoms with Crippen molar-refractivity contribution >= 4 is 23.0 Å². The van der Waals surface area contributed by atoms with Gasteiger partial charge in [-0.3, -0.25) is 0 Å². The van der Waals surface area contributed by atoms with E-state index in [1.807, 2.05) is 6.07 Å². The highest BCUT2D eigenvalue weighted by atomic mass is 35.5. The van der Waals surface area contributed by atoms with Gasteiger partial charge in [0.2, 0.25) is 0 Å². The zero-order valence-electron chi connectivity index (χ0n) is 18.7. The Labute approximate surface area is 187 Å². The van der Waals surface area contributed by atoms with Gasteiger partial charge in [-0.25, -0.2) is 0 Å². The van der Waals surface area contributed by atoms with Crippen molar-refractivity contribution in [2.75, 3.05) is 11.4 Å². The standard InChI is InChI=1S/C28H34ClN/c1-5-12-23(17-21(2)3)20-30(25-15-10-7-11-16-25)28-19-27(29)26(18-22(28)4)24-13-8-6-9-14-24/h6-11,13-16,18-19,21,23H,5,12,17,20H2,1-4H3/t23-/m1/s1. The summed E-state index contributed by atoms with van der Waals surface area (Å²) in [5, 5.41) is 0.804. The van der Waals surface area contributed by atoms with E-state index in [1.54, 1.807) is 0 Å². The third kappa shape index (κ3) is 5.67. The molecule has 158 valence electrons. The van der Waals surface area contributed by atoms with Crippen LogP contribution in [0.25, 0.3) is 11.1 Å². The van der Waals surface area contributed by atoms with Crippen LogP contribution in [0, 0.1) is 18.8 Å². The van der Waals surface area contributed by atoms with Gasteiger partial charge in [0.25, 0.3) is 0 Å².